The van der Waals surface area contributed by atoms with Crippen LogP contribution in [0.15, 0.2) is 18.2 Å². The van der Waals surface area contributed by atoms with Crippen LogP contribution in [-0.4, -0.2) is 32.1 Å². The third kappa shape index (κ3) is 2.30. The molecule has 18 heavy (non-hydrogen) atoms. The van der Waals surface area contributed by atoms with E-state index in [9.17, 15) is 9.59 Å². The number of cyclic esters (lactones) is 1. The molecule has 0 aromatic heterocycles. The zero-order valence-corrected chi connectivity index (χ0v) is 10.3. The zero-order valence-electron chi connectivity index (χ0n) is 10.3. The average Bonchev–Trinajstić information content (AvgIpc) is 2.83. The van der Waals surface area contributed by atoms with Crippen LogP contribution >= 0.6 is 0 Å². The van der Waals surface area contributed by atoms with E-state index in [4.69, 9.17) is 14.2 Å². The highest BCUT2D eigenvalue weighted by molar-refractivity contribution is 6.03. The summed E-state index contributed by atoms with van der Waals surface area (Å²) in [6, 6.07) is 4.95. The quantitative estimate of drug-likeness (QED) is 0.600. The van der Waals surface area contributed by atoms with Gasteiger partial charge in [-0.05, 0) is 18.2 Å². The molecule has 1 aromatic carbocycles. The van der Waals surface area contributed by atoms with Gasteiger partial charge in [0, 0.05) is 12.8 Å². The van der Waals surface area contributed by atoms with Crippen molar-refractivity contribution in [3.8, 4) is 11.5 Å². The third-order valence-electron chi connectivity index (χ3n) is 2.85. The van der Waals surface area contributed by atoms with Gasteiger partial charge in [0.15, 0.2) is 6.10 Å². The summed E-state index contributed by atoms with van der Waals surface area (Å²) < 4.78 is 15.2. The molecule has 0 spiro atoms. The van der Waals surface area contributed by atoms with Crippen LogP contribution < -0.4 is 9.47 Å². The first kappa shape index (κ1) is 12.4. The normalized spacial score (nSPS) is 18.3. The first-order valence-corrected chi connectivity index (χ1v) is 5.61. The SMILES string of the molecule is COc1ccc(OC)c(C(=O)C2CCC(=O)O2)c1. The first-order chi connectivity index (χ1) is 8.65. The summed E-state index contributed by atoms with van der Waals surface area (Å²) in [5.74, 6) is 0.416. The summed E-state index contributed by atoms with van der Waals surface area (Å²) in [5.41, 5.74) is 0.372. The van der Waals surface area contributed by atoms with Crippen LogP contribution in [0.2, 0.25) is 0 Å². The van der Waals surface area contributed by atoms with Gasteiger partial charge in [-0.3, -0.25) is 9.59 Å². The number of carbonyl (C=O) groups excluding carboxylic acids is 2. The molecule has 0 aliphatic carbocycles. The maximum atomic E-state index is 12.2. The fourth-order valence-corrected chi connectivity index (χ4v) is 1.89. The minimum Gasteiger partial charge on any atom is -0.497 e. The van der Waals surface area contributed by atoms with E-state index in [2.05, 4.69) is 0 Å². The van der Waals surface area contributed by atoms with Crippen molar-refractivity contribution in [1.82, 2.24) is 0 Å². The van der Waals surface area contributed by atoms with Gasteiger partial charge < -0.3 is 14.2 Å². The van der Waals surface area contributed by atoms with Crippen LogP contribution in [0.4, 0.5) is 0 Å². The zero-order chi connectivity index (χ0) is 13.1. The van der Waals surface area contributed by atoms with E-state index in [-0.39, 0.29) is 18.2 Å². The molecule has 0 bridgehead atoms. The number of ketones is 1. The van der Waals surface area contributed by atoms with Crippen molar-refractivity contribution in [1.29, 1.82) is 0 Å². The van der Waals surface area contributed by atoms with E-state index in [1.165, 1.54) is 14.2 Å². The first-order valence-electron chi connectivity index (χ1n) is 5.61. The Morgan fingerprint density at radius 2 is 2.11 bits per heavy atom. The number of methoxy groups -OCH3 is 2. The number of hydrogen-bond donors (Lipinski definition) is 0. The van der Waals surface area contributed by atoms with Gasteiger partial charge in [-0.2, -0.15) is 0 Å². The molecule has 1 atom stereocenters. The molecule has 5 heteroatoms. The van der Waals surface area contributed by atoms with Gasteiger partial charge in [-0.1, -0.05) is 0 Å². The lowest BCUT2D eigenvalue weighted by Crippen LogP contribution is -2.21. The van der Waals surface area contributed by atoms with Crippen molar-refractivity contribution >= 4 is 11.8 Å². The fourth-order valence-electron chi connectivity index (χ4n) is 1.89. The highest BCUT2D eigenvalue weighted by Gasteiger charge is 2.32. The highest BCUT2D eigenvalue weighted by Crippen LogP contribution is 2.28. The lowest BCUT2D eigenvalue weighted by atomic mass is 10.0. The second-order valence-corrected chi connectivity index (χ2v) is 3.95. The van der Waals surface area contributed by atoms with Gasteiger partial charge in [0.05, 0.1) is 19.8 Å². The molecule has 1 unspecified atom stereocenters. The van der Waals surface area contributed by atoms with Gasteiger partial charge in [0.25, 0.3) is 0 Å². The minimum absolute atomic E-state index is 0.253. The Kier molecular flexibility index (Phi) is 3.50. The van der Waals surface area contributed by atoms with Crippen molar-refractivity contribution in [2.45, 2.75) is 18.9 Å². The Morgan fingerprint density at radius 1 is 1.33 bits per heavy atom. The molecular formula is C13H14O5. The van der Waals surface area contributed by atoms with E-state index >= 15 is 0 Å². The Hall–Kier alpha value is -2.04. The van der Waals surface area contributed by atoms with Gasteiger partial charge in [0.2, 0.25) is 5.78 Å². The Morgan fingerprint density at radius 3 is 2.67 bits per heavy atom. The monoisotopic (exact) mass is 250 g/mol. The Balaban J connectivity index is 2.30. The number of ether oxygens (including phenoxy) is 3. The standard InChI is InChI=1S/C13H14O5/c1-16-8-3-4-10(17-2)9(7-8)13(15)11-5-6-12(14)18-11/h3-4,7,11H,5-6H2,1-2H3. The summed E-state index contributed by atoms with van der Waals surface area (Å²) in [4.78, 5) is 23.3. The van der Waals surface area contributed by atoms with Crippen molar-refractivity contribution in [2.24, 2.45) is 0 Å². The molecule has 1 aliphatic rings. The molecule has 5 nitrogen and oxygen atoms in total. The molecule has 1 fully saturated rings. The van der Waals surface area contributed by atoms with E-state index in [1.807, 2.05) is 0 Å². The number of Topliss-reactive ketones (excluding diaryl/α,β-unsaturated/α-hetero) is 1. The number of benzene rings is 1. The maximum Gasteiger partial charge on any atom is 0.306 e. The van der Waals surface area contributed by atoms with Crippen molar-refractivity contribution in [3.05, 3.63) is 23.8 Å². The average molecular weight is 250 g/mol. The summed E-state index contributed by atoms with van der Waals surface area (Å²) >= 11 is 0. The maximum absolute atomic E-state index is 12.2. The number of hydrogen-bond acceptors (Lipinski definition) is 5. The number of rotatable bonds is 4. The molecule has 0 N–H and O–H groups in total. The Labute approximate surface area is 105 Å². The van der Waals surface area contributed by atoms with Crippen LogP contribution in [-0.2, 0) is 9.53 Å². The van der Waals surface area contributed by atoms with Crippen LogP contribution in [0, 0.1) is 0 Å². The van der Waals surface area contributed by atoms with E-state index in [1.54, 1.807) is 18.2 Å². The van der Waals surface area contributed by atoms with Gasteiger partial charge >= 0.3 is 5.97 Å². The van der Waals surface area contributed by atoms with Crippen LogP contribution in [0.1, 0.15) is 23.2 Å². The van der Waals surface area contributed by atoms with Crippen molar-refractivity contribution in [3.63, 3.8) is 0 Å². The molecule has 1 heterocycles. The second-order valence-electron chi connectivity index (χ2n) is 3.95. The molecular weight excluding hydrogens is 236 g/mol. The topological polar surface area (TPSA) is 61.8 Å². The van der Waals surface area contributed by atoms with Gasteiger partial charge in [0.1, 0.15) is 11.5 Å². The molecule has 1 aromatic rings. The van der Waals surface area contributed by atoms with E-state index in [0.717, 1.165) is 0 Å². The second kappa shape index (κ2) is 5.08. The highest BCUT2D eigenvalue weighted by atomic mass is 16.6. The van der Waals surface area contributed by atoms with Crippen molar-refractivity contribution < 1.29 is 23.8 Å². The lowest BCUT2D eigenvalue weighted by molar-refractivity contribution is -0.140. The third-order valence-corrected chi connectivity index (χ3v) is 2.85. The van der Waals surface area contributed by atoms with Crippen LogP contribution in [0.5, 0.6) is 11.5 Å². The summed E-state index contributed by atoms with van der Waals surface area (Å²) in [6.07, 6.45) is -0.0146. The molecule has 96 valence electrons. The Bertz CT molecular complexity index is 480. The van der Waals surface area contributed by atoms with Crippen molar-refractivity contribution in [2.75, 3.05) is 14.2 Å². The lowest BCUT2D eigenvalue weighted by Gasteiger charge is -2.12. The molecule has 0 radical (unpaired) electrons. The van der Waals surface area contributed by atoms with Gasteiger partial charge in [-0.15, -0.1) is 0 Å². The van der Waals surface area contributed by atoms with E-state index < -0.39 is 6.10 Å². The summed E-state index contributed by atoms with van der Waals surface area (Å²) in [7, 11) is 3.00. The predicted molar refractivity (Wildman–Crippen MR) is 63.0 cm³/mol. The minimum atomic E-state index is -0.710. The van der Waals surface area contributed by atoms with Crippen LogP contribution in [0.25, 0.3) is 0 Å². The molecule has 0 amide bonds. The molecule has 1 saturated heterocycles. The molecule has 2 rings (SSSR count). The van der Waals surface area contributed by atoms with Crippen LogP contribution in [0.3, 0.4) is 0 Å². The summed E-state index contributed by atoms with van der Waals surface area (Å²) in [6.45, 7) is 0. The fraction of sp³-hybridized carbons (Fsp3) is 0.385. The number of esters is 1. The van der Waals surface area contributed by atoms with E-state index in [0.29, 0.717) is 23.5 Å². The molecule has 0 saturated carbocycles. The largest absolute Gasteiger partial charge is 0.497 e. The van der Waals surface area contributed by atoms with Gasteiger partial charge in [-0.25, -0.2) is 0 Å². The number of carbonyl (C=O) groups is 2. The summed E-state index contributed by atoms with van der Waals surface area (Å²) in [5, 5.41) is 0. The molecule has 1 aliphatic heterocycles. The smallest absolute Gasteiger partial charge is 0.306 e. The predicted octanol–water partition coefficient (Wildman–Crippen LogP) is 1.59.